The Bertz CT molecular complexity index is 579. The molecule has 0 saturated heterocycles. The van der Waals surface area contributed by atoms with E-state index in [1.165, 1.54) is 0 Å². The van der Waals surface area contributed by atoms with Crippen LogP contribution in [0, 0.1) is 0 Å². The number of imide groups is 1. The second kappa shape index (κ2) is 7.11. The summed E-state index contributed by atoms with van der Waals surface area (Å²) >= 11 is 0. The molecule has 0 unspecified atom stereocenters. The Balaban J connectivity index is 3.25. The van der Waals surface area contributed by atoms with Crippen molar-refractivity contribution < 1.29 is 27.8 Å². The van der Waals surface area contributed by atoms with Crippen LogP contribution in [0.3, 0.4) is 0 Å². The molecule has 0 N–H and O–H groups in total. The van der Waals surface area contributed by atoms with Gasteiger partial charge in [-0.3, -0.25) is 0 Å². The van der Waals surface area contributed by atoms with Crippen LogP contribution >= 0.6 is 0 Å². The maximum atomic E-state index is 12.9. The van der Waals surface area contributed by atoms with Gasteiger partial charge in [0.2, 0.25) is 0 Å². The fourth-order valence-electron chi connectivity index (χ4n) is 1.57. The van der Waals surface area contributed by atoms with Gasteiger partial charge in [-0.1, -0.05) is 0 Å². The lowest BCUT2D eigenvalue weighted by molar-refractivity contribution is 0.0428. The summed E-state index contributed by atoms with van der Waals surface area (Å²) in [5.41, 5.74) is -2.16. The lowest BCUT2D eigenvalue weighted by Crippen LogP contribution is -2.44. The topological polar surface area (TPSA) is 68.7 Å². The molecule has 134 valence electrons. The van der Waals surface area contributed by atoms with E-state index in [4.69, 9.17) is 9.47 Å². The summed E-state index contributed by atoms with van der Waals surface area (Å²) < 4.78 is 36.1. The van der Waals surface area contributed by atoms with Gasteiger partial charge in [-0.15, -0.1) is 0 Å². The zero-order chi connectivity index (χ0) is 18.7. The molecule has 0 aromatic carbocycles. The summed E-state index contributed by atoms with van der Waals surface area (Å²) in [6.07, 6.45) is -3.81. The van der Waals surface area contributed by atoms with Gasteiger partial charge >= 0.3 is 12.2 Å². The smallest absolute Gasteiger partial charge is 0.425 e. The minimum atomic E-state index is -2.77. The molecule has 0 bridgehead atoms. The highest BCUT2D eigenvalue weighted by molar-refractivity contribution is 6.08. The summed E-state index contributed by atoms with van der Waals surface area (Å²) in [5, 5.41) is 0. The minimum absolute atomic E-state index is 0.295. The Kier molecular flexibility index (Phi) is 5.86. The molecule has 0 fully saturated rings. The number of rotatable bonds is 2. The number of aromatic nitrogens is 1. The predicted octanol–water partition coefficient (Wildman–Crippen LogP) is 4.70. The first-order chi connectivity index (χ1) is 10.8. The van der Waals surface area contributed by atoms with E-state index in [0.29, 0.717) is 4.90 Å². The van der Waals surface area contributed by atoms with Gasteiger partial charge in [0.25, 0.3) is 6.43 Å². The number of halogens is 2. The Morgan fingerprint density at radius 3 is 1.88 bits per heavy atom. The zero-order valence-corrected chi connectivity index (χ0v) is 14.6. The first kappa shape index (κ1) is 19.8. The molecule has 24 heavy (non-hydrogen) atoms. The average Bonchev–Trinajstić information content (AvgIpc) is 2.34. The molecular weight excluding hydrogens is 322 g/mol. The molecule has 0 atom stereocenters. The van der Waals surface area contributed by atoms with Crippen molar-refractivity contribution in [2.75, 3.05) is 4.90 Å². The summed E-state index contributed by atoms with van der Waals surface area (Å²) in [6.45, 7) is 9.67. The predicted molar refractivity (Wildman–Crippen MR) is 84.1 cm³/mol. The average molecular weight is 344 g/mol. The van der Waals surface area contributed by atoms with E-state index >= 15 is 0 Å². The van der Waals surface area contributed by atoms with E-state index < -0.39 is 29.8 Å². The van der Waals surface area contributed by atoms with Crippen molar-refractivity contribution in [2.24, 2.45) is 0 Å². The highest BCUT2D eigenvalue weighted by atomic mass is 19.3. The van der Waals surface area contributed by atoms with E-state index in [2.05, 4.69) is 4.98 Å². The zero-order valence-electron chi connectivity index (χ0n) is 14.6. The van der Waals surface area contributed by atoms with E-state index in [0.717, 1.165) is 18.3 Å². The standard InChI is InChI=1S/C16H22F2N2O4/c1-15(2,3)23-13(21)20(14(22)24-16(4,5)6)11-9-10(12(17)18)7-8-19-11/h7-9,12H,1-6H3. The van der Waals surface area contributed by atoms with Crippen molar-refractivity contribution in [1.29, 1.82) is 0 Å². The number of alkyl halides is 2. The molecule has 2 amide bonds. The molecule has 1 rings (SSSR count). The Hall–Kier alpha value is -2.25. The number of carbonyl (C=O) groups is 2. The number of hydrogen-bond acceptors (Lipinski definition) is 5. The van der Waals surface area contributed by atoms with Gasteiger partial charge in [0.05, 0.1) is 0 Å². The van der Waals surface area contributed by atoms with Gasteiger partial charge < -0.3 is 9.47 Å². The van der Waals surface area contributed by atoms with Gasteiger partial charge in [0.15, 0.2) is 0 Å². The monoisotopic (exact) mass is 344 g/mol. The van der Waals surface area contributed by atoms with Gasteiger partial charge in [0.1, 0.15) is 17.0 Å². The van der Waals surface area contributed by atoms with E-state index in [1.54, 1.807) is 41.5 Å². The molecule has 8 heteroatoms. The number of pyridine rings is 1. The largest absolute Gasteiger partial charge is 0.443 e. The van der Waals surface area contributed by atoms with Crippen molar-refractivity contribution >= 4 is 18.0 Å². The third-order valence-electron chi connectivity index (χ3n) is 2.40. The van der Waals surface area contributed by atoms with Crippen LogP contribution < -0.4 is 4.90 Å². The molecule has 0 spiro atoms. The molecule has 0 radical (unpaired) electrons. The lowest BCUT2D eigenvalue weighted by Gasteiger charge is -2.28. The lowest BCUT2D eigenvalue weighted by atomic mass is 10.2. The number of amides is 2. The third-order valence-corrected chi connectivity index (χ3v) is 2.40. The number of ether oxygens (including phenoxy) is 2. The SMILES string of the molecule is CC(C)(C)OC(=O)N(C(=O)OC(C)(C)C)c1cc(C(F)F)ccn1. The Morgan fingerprint density at radius 2 is 1.50 bits per heavy atom. The summed E-state index contributed by atoms with van der Waals surface area (Å²) in [7, 11) is 0. The van der Waals surface area contributed by atoms with E-state index in [9.17, 15) is 18.4 Å². The maximum Gasteiger partial charge on any atom is 0.425 e. The van der Waals surface area contributed by atoms with Crippen LogP contribution in [0.25, 0.3) is 0 Å². The molecule has 1 heterocycles. The molecule has 0 aliphatic carbocycles. The number of nitrogens with zero attached hydrogens (tertiary/aromatic N) is 2. The van der Waals surface area contributed by atoms with Crippen LogP contribution in [0.15, 0.2) is 18.3 Å². The second-order valence-electron chi connectivity index (χ2n) is 7.04. The fraction of sp³-hybridized carbons (Fsp3) is 0.562. The highest BCUT2D eigenvalue weighted by Crippen LogP contribution is 2.25. The Morgan fingerprint density at radius 1 is 1.04 bits per heavy atom. The summed E-state index contributed by atoms with van der Waals surface area (Å²) in [6, 6.07) is 2.04. The summed E-state index contributed by atoms with van der Waals surface area (Å²) in [5.74, 6) is -0.295. The quantitative estimate of drug-likeness (QED) is 0.778. The van der Waals surface area contributed by atoms with Crippen molar-refractivity contribution in [3.05, 3.63) is 23.9 Å². The maximum absolute atomic E-state index is 12.9. The number of anilines is 1. The molecule has 0 saturated carbocycles. The molecule has 1 aromatic heterocycles. The van der Waals surface area contributed by atoms with Gasteiger partial charge in [0, 0.05) is 11.8 Å². The van der Waals surface area contributed by atoms with Crippen LogP contribution in [0.1, 0.15) is 53.5 Å². The minimum Gasteiger partial charge on any atom is -0.443 e. The van der Waals surface area contributed by atoms with Gasteiger partial charge in [-0.05, 0) is 53.7 Å². The number of hydrogen-bond donors (Lipinski definition) is 0. The van der Waals surface area contributed by atoms with Crippen LogP contribution in [0.2, 0.25) is 0 Å². The van der Waals surface area contributed by atoms with E-state index in [1.807, 2.05) is 0 Å². The molecule has 0 aliphatic rings. The number of carbonyl (C=O) groups excluding carboxylic acids is 2. The van der Waals surface area contributed by atoms with Crippen LogP contribution in [-0.2, 0) is 9.47 Å². The summed E-state index contributed by atoms with van der Waals surface area (Å²) in [4.78, 5) is 29.0. The fourth-order valence-corrected chi connectivity index (χ4v) is 1.57. The van der Waals surface area contributed by atoms with Gasteiger partial charge in [-0.2, -0.15) is 4.90 Å². The van der Waals surface area contributed by atoms with E-state index in [-0.39, 0.29) is 11.4 Å². The van der Waals surface area contributed by atoms with Crippen molar-refractivity contribution in [2.45, 2.75) is 59.2 Å². The van der Waals surface area contributed by atoms with Crippen molar-refractivity contribution in [1.82, 2.24) is 4.98 Å². The molecular formula is C16H22F2N2O4. The second-order valence-corrected chi connectivity index (χ2v) is 7.04. The van der Waals surface area contributed by atoms with Gasteiger partial charge in [-0.25, -0.2) is 23.4 Å². The van der Waals surface area contributed by atoms with Crippen molar-refractivity contribution in [3.8, 4) is 0 Å². The molecule has 0 aliphatic heterocycles. The normalized spacial score (nSPS) is 12.0. The van der Waals surface area contributed by atoms with Crippen LogP contribution in [0.5, 0.6) is 0 Å². The van der Waals surface area contributed by atoms with Crippen LogP contribution in [-0.4, -0.2) is 28.4 Å². The highest BCUT2D eigenvalue weighted by Gasteiger charge is 2.33. The first-order valence-corrected chi connectivity index (χ1v) is 7.30. The first-order valence-electron chi connectivity index (χ1n) is 7.30. The molecule has 6 nitrogen and oxygen atoms in total. The Labute approximate surface area is 139 Å². The van der Waals surface area contributed by atoms with Crippen molar-refractivity contribution in [3.63, 3.8) is 0 Å². The van der Waals surface area contributed by atoms with Crippen LogP contribution in [0.4, 0.5) is 24.2 Å². The third kappa shape index (κ3) is 6.10. The molecule has 1 aromatic rings.